The van der Waals surface area contributed by atoms with Crippen molar-refractivity contribution in [2.45, 2.75) is 19.6 Å². The van der Waals surface area contributed by atoms with Gasteiger partial charge in [-0.15, -0.1) is 0 Å². The second-order valence-electron chi connectivity index (χ2n) is 7.46. The number of anilines is 1. The minimum Gasteiger partial charge on any atom is -0.494 e. The minimum absolute atomic E-state index is 0.0553. The highest BCUT2D eigenvalue weighted by atomic mass is 16.5. The van der Waals surface area contributed by atoms with Crippen LogP contribution in [-0.4, -0.2) is 36.7 Å². The van der Waals surface area contributed by atoms with Crippen LogP contribution in [-0.2, 0) is 16.1 Å². The summed E-state index contributed by atoms with van der Waals surface area (Å²) in [6.45, 7) is 3.46. The topological polar surface area (TPSA) is 127 Å². The van der Waals surface area contributed by atoms with Gasteiger partial charge in [-0.3, -0.25) is 5.41 Å². The van der Waals surface area contributed by atoms with E-state index in [9.17, 15) is 9.90 Å². The highest BCUT2D eigenvalue weighted by molar-refractivity contribution is 5.95. The van der Waals surface area contributed by atoms with Gasteiger partial charge in [0.05, 0.1) is 19.8 Å². The second-order valence-corrected chi connectivity index (χ2v) is 7.46. The molecule has 0 aliphatic heterocycles. The van der Waals surface area contributed by atoms with E-state index in [1.54, 1.807) is 42.5 Å². The van der Waals surface area contributed by atoms with Crippen LogP contribution in [0.25, 0.3) is 0 Å². The lowest BCUT2D eigenvalue weighted by molar-refractivity contribution is -0.138. The predicted octanol–water partition coefficient (Wildman–Crippen LogP) is 4.20. The number of nitrogens with two attached hydrogens (primary N) is 1. The number of hydrogen-bond donors (Lipinski definition) is 4. The average Bonchev–Trinajstić information content (AvgIpc) is 2.83. The summed E-state index contributed by atoms with van der Waals surface area (Å²) in [5, 5.41) is 20.4. The molecule has 8 nitrogen and oxygen atoms in total. The summed E-state index contributed by atoms with van der Waals surface area (Å²) in [7, 11) is 0. The number of aliphatic carboxylic acids is 1. The van der Waals surface area contributed by atoms with Crippen molar-refractivity contribution in [3.63, 3.8) is 0 Å². The second kappa shape index (κ2) is 12.3. The Morgan fingerprint density at radius 2 is 1.68 bits per heavy atom. The number of benzene rings is 3. The molecule has 5 N–H and O–H groups in total. The maximum absolute atomic E-state index is 12.1. The Morgan fingerprint density at radius 3 is 2.29 bits per heavy atom. The van der Waals surface area contributed by atoms with Crippen molar-refractivity contribution in [1.29, 1.82) is 5.41 Å². The average molecular weight is 464 g/mol. The van der Waals surface area contributed by atoms with Crippen LogP contribution in [0.5, 0.6) is 11.5 Å². The summed E-state index contributed by atoms with van der Waals surface area (Å²) in [5.74, 6) is -0.105. The van der Waals surface area contributed by atoms with E-state index in [1.165, 1.54) is 0 Å². The smallest absolute Gasteiger partial charge is 0.330 e. The first-order chi connectivity index (χ1) is 16.5. The van der Waals surface area contributed by atoms with Crippen molar-refractivity contribution in [3.8, 4) is 11.5 Å². The van der Waals surface area contributed by atoms with E-state index in [0.29, 0.717) is 54.7 Å². The summed E-state index contributed by atoms with van der Waals surface area (Å²) in [5.41, 5.74) is 8.18. The van der Waals surface area contributed by atoms with E-state index in [0.717, 1.165) is 5.56 Å². The third-order valence-electron chi connectivity index (χ3n) is 4.91. The van der Waals surface area contributed by atoms with Gasteiger partial charge in [0.1, 0.15) is 23.9 Å². The Hall–Kier alpha value is -4.04. The lowest BCUT2D eigenvalue weighted by Gasteiger charge is -2.19. The highest BCUT2D eigenvalue weighted by Gasteiger charge is 2.22. The van der Waals surface area contributed by atoms with Gasteiger partial charge in [0.15, 0.2) is 6.04 Å². The molecule has 34 heavy (non-hydrogen) atoms. The molecule has 3 rings (SSSR count). The largest absolute Gasteiger partial charge is 0.494 e. The molecule has 0 spiro atoms. The third kappa shape index (κ3) is 7.25. The standard InChI is InChI=1S/C26H29N3O5/c1-2-33-22-14-20(24(26(30)31)29-21-10-8-19(9-11-21)25(27)28)15-23(16-22)34-13-12-32-17-18-6-4-3-5-7-18/h3-11,14-16,24,29H,2,12-13,17H2,1H3,(H3,27,28)(H,30,31). The molecule has 178 valence electrons. The summed E-state index contributed by atoms with van der Waals surface area (Å²) < 4.78 is 17.1. The van der Waals surface area contributed by atoms with E-state index in [2.05, 4.69) is 5.32 Å². The van der Waals surface area contributed by atoms with Gasteiger partial charge >= 0.3 is 5.97 Å². The first kappa shape index (κ1) is 24.6. The van der Waals surface area contributed by atoms with Crippen LogP contribution >= 0.6 is 0 Å². The number of nitrogen functional groups attached to an aromatic ring is 1. The molecule has 0 saturated heterocycles. The van der Waals surface area contributed by atoms with Gasteiger partial charge < -0.3 is 30.4 Å². The zero-order valence-electron chi connectivity index (χ0n) is 19.0. The number of carboxylic acid groups (broad SMARTS) is 1. The highest BCUT2D eigenvalue weighted by Crippen LogP contribution is 2.29. The number of carboxylic acids is 1. The van der Waals surface area contributed by atoms with Crippen LogP contribution in [0, 0.1) is 5.41 Å². The Morgan fingerprint density at radius 1 is 1.00 bits per heavy atom. The van der Waals surface area contributed by atoms with Crippen LogP contribution in [0.2, 0.25) is 0 Å². The Labute approximate surface area is 198 Å². The molecule has 1 atom stereocenters. The van der Waals surface area contributed by atoms with Gasteiger partial charge in [-0.2, -0.15) is 0 Å². The van der Waals surface area contributed by atoms with Gasteiger partial charge in [-0.05, 0) is 54.4 Å². The number of ether oxygens (including phenoxy) is 3. The maximum Gasteiger partial charge on any atom is 0.330 e. The van der Waals surface area contributed by atoms with Gasteiger partial charge in [-0.25, -0.2) is 4.79 Å². The van der Waals surface area contributed by atoms with E-state index < -0.39 is 12.0 Å². The lowest BCUT2D eigenvalue weighted by Crippen LogP contribution is -2.21. The molecular weight excluding hydrogens is 434 g/mol. The molecular formula is C26H29N3O5. The molecule has 0 aliphatic carbocycles. The van der Waals surface area contributed by atoms with Crippen molar-refractivity contribution >= 4 is 17.5 Å². The molecule has 0 heterocycles. The predicted molar refractivity (Wildman–Crippen MR) is 131 cm³/mol. The van der Waals surface area contributed by atoms with Gasteiger partial charge in [0.2, 0.25) is 0 Å². The molecule has 0 bridgehead atoms. The fourth-order valence-corrected chi connectivity index (χ4v) is 3.28. The number of hydrogen-bond acceptors (Lipinski definition) is 6. The molecule has 3 aromatic rings. The quantitative estimate of drug-likeness (QED) is 0.170. The molecule has 1 unspecified atom stereocenters. The normalized spacial score (nSPS) is 11.4. The molecule has 3 aromatic carbocycles. The third-order valence-corrected chi connectivity index (χ3v) is 4.91. The lowest BCUT2D eigenvalue weighted by atomic mass is 10.1. The van der Waals surface area contributed by atoms with Crippen molar-refractivity contribution in [3.05, 3.63) is 89.5 Å². The zero-order valence-corrected chi connectivity index (χ0v) is 19.0. The fourth-order valence-electron chi connectivity index (χ4n) is 3.28. The summed E-state index contributed by atoms with van der Waals surface area (Å²) in [6.07, 6.45) is 0. The van der Waals surface area contributed by atoms with Gasteiger partial charge in [0, 0.05) is 17.3 Å². The fraction of sp³-hybridized carbons (Fsp3) is 0.231. The monoisotopic (exact) mass is 463 g/mol. The molecule has 0 aliphatic rings. The van der Waals surface area contributed by atoms with Crippen molar-refractivity contribution in [2.24, 2.45) is 5.73 Å². The first-order valence-electron chi connectivity index (χ1n) is 10.9. The van der Waals surface area contributed by atoms with Gasteiger partial charge in [0.25, 0.3) is 0 Å². The molecule has 0 radical (unpaired) electrons. The van der Waals surface area contributed by atoms with Gasteiger partial charge in [-0.1, -0.05) is 30.3 Å². The number of amidine groups is 1. The summed E-state index contributed by atoms with van der Waals surface area (Å²) in [6, 6.07) is 20.6. The Balaban J connectivity index is 1.69. The first-order valence-corrected chi connectivity index (χ1v) is 10.9. The number of rotatable bonds is 13. The van der Waals surface area contributed by atoms with Crippen molar-refractivity contribution in [2.75, 3.05) is 25.1 Å². The van der Waals surface area contributed by atoms with Crippen LogP contribution < -0.4 is 20.5 Å². The zero-order chi connectivity index (χ0) is 24.3. The van der Waals surface area contributed by atoms with E-state index in [4.69, 9.17) is 25.4 Å². The molecule has 0 saturated carbocycles. The SMILES string of the molecule is CCOc1cc(OCCOCc2ccccc2)cc(C(Nc2ccc(C(=N)N)cc2)C(=O)O)c1. The molecule has 0 amide bonds. The molecule has 0 fully saturated rings. The van der Waals surface area contributed by atoms with Crippen molar-refractivity contribution in [1.82, 2.24) is 0 Å². The molecule has 8 heteroatoms. The summed E-state index contributed by atoms with van der Waals surface area (Å²) >= 11 is 0. The Bertz CT molecular complexity index is 1090. The Kier molecular flexibility index (Phi) is 8.88. The maximum atomic E-state index is 12.1. The minimum atomic E-state index is -1.05. The van der Waals surface area contributed by atoms with E-state index in [-0.39, 0.29) is 5.84 Å². The van der Waals surface area contributed by atoms with E-state index in [1.807, 2.05) is 37.3 Å². The van der Waals surface area contributed by atoms with Crippen LogP contribution in [0.3, 0.4) is 0 Å². The van der Waals surface area contributed by atoms with Crippen molar-refractivity contribution < 1.29 is 24.1 Å². The number of carbonyl (C=O) groups is 1. The van der Waals surface area contributed by atoms with E-state index >= 15 is 0 Å². The van der Waals surface area contributed by atoms with Crippen LogP contribution in [0.15, 0.2) is 72.8 Å². The van der Waals surface area contributed by atoms with Crippen LogP contribution in [0.1, 0.15) is 29.7 Å². The number of nitrogens with one attached hydrogen (secondary N) is 2. The molecule has 0 aromatic heterocycles. The summed E-state index contributed by atoms with van der Waals surface area (Å²) in [4.78, 5) is 12.1. The van der Waals surface area contributed by atoms with Crippen LogP contribution in [0.4, 0.5) is 5.69 Å².